The summed E-state index contributed by atoms with van der Waals surface area (Å²) in [4.78, 5) is 10.3. The van der Waals surface area contributed by atoms with E-state index in [1.54, 1.807) is 12.1 Å². The van der Waals surface area contributed by atoms with Gasteiger partial charge in [0.05, 0.1) is 6.26 Å². The zero-order valence-corrected chi connectivity index (χ0v) is 11.0. The lowest BCUT2D eigenvalue weighted by Gasteiger charge is -2.07. The summed E-state index contributed by atoms with van der Waals surface area (Å²) < 4.78 is 17.6. The molecular weight excluding hydrogens is 255 g/mol. The molecule has 2 rings (SSSR count). The van der Waals surface area contributed by atoms with Gasteiger partial charge in [0.15, 0.2) is 0 Å². The molecule has 0 aliphatic heterocycles. The molecule has 0 spiro atoms. The van der Waals surface area contributed by atoms with Crippen molar-refractivity contribution in [3.63, 3.8) is 0 Å². The molecule has 0 unspecified atom stereocenters. The van der Waals surface area contributed by atoms with Crippen molar-refractivity contribution in [2.24, 2.45) is 0 Å². The molecule has 0 atom stereocenters. The molecule has 2 aromatic carbocycles. The summed E-state index contributed by atoms with van der Waals surface area (Å²) in [6.07, 6.45) is 2.93. The Hall–Kier alpha value is -2.42. The van der Waals surface area contributed by atoms with E-state index in [1.807, 2.05) is 30.3 Å². The van der Waals surface area contributed by atoms with Crippen LogP contribution in [0, 0.1) is 5.82 Å². The van der Waals surface area contributed by atoms with E-state index in [0.717, 1.165) is 23.1 Å². The highest BCUT2D eigenvalue weighted by molar-refractivity contribution is 5.65. The van der Waals surface area contributed by atoms with Crippen LogP contribution in [0.1, 0.15) is 17.5 Å². The Morgan fingerprint density at radius 1 is 1.05 bits per heavy atom. The van der Waals surface area contributed by atoms with E-state index in [-0.39, 0.29) is 5.82 Å². The van der Waals surface area contributed by atoms with Gasteiger partial charge in [0.2, 0.25) is 0 Å². The van der Waals surface area contributed by atoms with Crippen LogP contribution in [0.2, 0.25) is 0 Å². The lowest BCUT2D eigenvalue weighted by Crippen LogP contribution is -1.92. The zero-order valence-electron chi connectivity index (χ0n) is 11.0. The smallest absolute Gasteiger partial charge is 0.297 e. The van der Waals surface area contributed by atoms with E-state index in [4.69, 9.17) is 4.74 Å². The van der Waals surface area contributed by atoms with Crippen LogP contribution in [-0.2, 0) is 16.0 Å². The van der Waals surface area contributed by atoms with Crippen molar-refractivity contribution in [1.29, 1.82) is 0 Å². The molecule has 0 fully saturated rings. The minimum absolute atomic E-state index is 0.239. The minimum Gasteiger partial charge on any atom is -0.436 e. The summed E-state index contributed by atoms with van der Waals surface area (Å²) in [7, 11) is 0. The second-order valence-corrected chi connectivity index (χ2v) is 4.37. The predicted molar refractivity (Wildman–Crippen MR) is 76.3 cm³/mol. The van der Waals surface area contributed by atoms with E-state index in [9.17, 15) is 9.18 Å². The number of benzene rings is 2. The summed E-state index contributed by atoms with van der Waals surface area (Å²) >= 11 is 0. The van der Waals surface area contributed by atoms with Gasteiger partial charge in [-0.2, -0.15) is 0 Å². The van der Waals surface area contributed by atoms with Crippen LogP contribution in [0.15, 0.2) is 60.9 Å². The number of carbonyl (C=O) groups is 1. The van der Waals surface area contributed by atoms with E-state index in [0.29, 0.717) is 12.9 Å². The van der Waals surface area contributed by atoms with E-state index < -0.39 is 0 Å². The number of carbonyl (C=O) groups excluding carboxylic acids is 1. The monoisotopic (exact) mass is 270 g/mol. The quantitative estimate of drug-likeness (QED) is 0.586. The summed E-state index contributed by atoms with van der Waals surface area (Å²) in [5, 5.41) is 0. The van der Waals surface area contributed by atoms with Crippen molar-refractivity contribution in [3.05, 3.63) is 77.8 Å². The largest absolute Gasteiger partial charge is 0.436 e. The van der Waals surface area contributed by atoms with Crippen molar-refractivity contribution in [2.45, 2.75) is 12.8 Å². The van der Waals surface area contributed by atoms with Gasteiger partial charge in [-0.3, -0.25) is 4.79 Å². The number of rotatable bonds is 6. The van der Waals surface area contributed by atoms with Crippen molar-refractivity contribution in [2.75, 3.05) is 0 Å². The summed E-state index contributed by atoms with van der Waals surface area (Å²) in [5.74, 6) is -0.239. The van der Waals surface area contributed by atoms with Crippen molar-refractivity contribution in [1.82, 2.24) is 0 Å². The van der Waals surface area contributed by atoms with Crippen molar-refractivity contribution >= 4 is 12.0 Å². The molecule has 0 aromatic heterocycles. The zero-order chi connectivity index (χ0) is 14.2. The maximum atomic E-state index is 12.8. The molecule has 0 aliphatic rings. The Morgan fingerprint density at radius 2 is 1.75 bits per heavy atom. The van der Waals surface area contributed by atoms with Crippen LogP contribution in [0.25, 0.3) is 5.57 Å². The van der Waals surface area contributed by atoms with E-state index in [2.05, 4.69) is 0 Å². The highest BCUT2D eigenvalue weighted by atomic mass is 19.1. The first-order valence-corrected chi connectivity index (χ1v) is 6.37. The Morgan fingerprint density at radius 3 is 2.40 bits per heavy atom. The average molecular weight is 270 g/mol. The van der Waals surface area contributed by atoms with Gasteiger partial charge in [0, 0.05) is 0 Å². The second-order valence-electron chi connectivity index (χ2n) is 4.37. The SMILES string of the molecule is O=COC=C(CCc1ccc(F)cc1)c1ccccc1. The molecular formula is C17H15FO2. The number of hydrogen-bond acceptors (Lipinski definition) is 2. The molecule has 102 valence electrons. The van der Waals surface area contributed by atoms with Gasteiger partial charge in [0.1, 0.15) is 5.82 Å². The number of halogens is 1. The first-order chi connectivity index (χ1) is 9.79. The maximum Gasteiger partial charge on any atom is 0.297 e. The second kappa shape index (κ2) is 7.24. The van der Waals surface area contributed by atoms with Gasteiger partial charge in [-0.25, -0.2) is 4.39 Å². The molecule has 0 saturated carbocycles. The minimum atomic E-state index is -0.239. The molecule has 2 aromatic rings. The van der Waals surface area contributed by atoms with E-state index >= 15 is 0 Å². The van der Waals surface area contributed by atoms with Crippen LogP contribution >= 0.6 is 0 Å². The first kappa shape index (κ1) is 14.0. The fourth-order valence-corrected chi connectivity index (χ4v) is 1.96. The number of allylic oxidation sites excluding steroid dienone is 1. The Kier molecular flexibility index (Phi) is 5.07. The third kappa shape index (κ3) is 4.05. The summed E-state index contributed by atoms with van der Waals surface area (Å²) in [6.45, 7) is 0.404. The van der Waals surface area contributed by atoms with Gasteiger partial charge in [-0.1, -0.05) is 42.5 Å². The topological polar surface area (TPSA) is 26.3 Å². The Labute approximate surface area is 117 Å². The van der Waals surface area contributed by atoms with E-state index in [1.165, 1.54) is 18.4 Å². The van der Waals surface area contributed by atoms with Gasteiger partial charge < -0.3 is 4.74 Å². The molecule has 0 bridgehead atoms. The van der Waals surface area contributed by atoms with Gasteiger partial charge >= 0.3 is 0 Å². The summed E-state index contributed by atoms with van der Waals surface area (Å²) in [5.41, 5.74) is 2.98. The lowest BCUT2D eigenvalue weighted by atomic mass is 9.99. The number of hydrogen-bond donors (Lipinski definition) is 0. The molecule has 0 amide bonds. The normalized spacial score (nSPS) is 11.2. The fraction of sp³-hybridized carbons (Fsp3) is 0.118. The van der Waals surface area contributed by atoms with Crippen molar-refractivity contribution < 1.29 is 13.9 Å². The van der Waals surface area contributed by atoms with Crippen LogP contribution in [0.4, 0.5) is 4.39 Å². The van der Waals surface area contributed by atoms with Gasteiger partial charge in [-0.05, 0) is 41.7 Å². The molecule has 0 aliphatic carbocycles. The molecule has 0 heterocycles. The van der Waals surface area contributed by atoms with Crippen LogP contribution in [0.3, 0.4) is 0 Å². The van der Waals surface area contributed by atoms with Gasteiger partial charge in [-0.15, -0.1) is 0 Å². The third-order valence-corrected chi connectivity index (χ3v) is 3.01. The molecule has 0 N–H and O–H groups in total. The Bertz CT molecular complexity index is 574. The third-order valence-electron chi connectivity index (χ3n) is 3.01. The van der Waals surface area contributed by atoms with Gasteiger partial charge in [0.25, 0.3) is 6.47 Å². The highest BCUT2D eigenvalue weighted by Crippen LogP contribution is 2.20. The predicted octanol–water partition coefficient (Wildman–Crippen LogP) is 3.97. The molecule has 0 saturated heterocycles. The van der Waals surface area contributed by atoms with Crippen LogP contribution in [-0.4, -0.2) is 6.47 Å². The molecule has 20 heavy (non-hydrogen) atoms. The van der Waals surface area contributed by atoms with Crippen LogP contribution < -0.4 is 0 Å². The molecule has 0 radical (unpaired) electrons. The Balaban J connectivity index is 2.09. The summed E-state index contributed by atoms with van der Waals surface area (Å²) in [6, 6.07) is 16.1. The number of aryl methyl sites for hydroxylation is 1. The molecule has 3 heteroatoms. The number of ether oxygens (including phenoxy) is 1. The first-order valence-electron chi connectivity index (χ1n) is 6.37. The maximum absolute atomic E-state index is 12.8. The standard InChI is InChI=1S/C17H15FO2/c18-17-10-7-14(8-11-17)6-9-16(12-20-13-19)15-4-2-1-3-5-15/h1-5,7-8,10-13H,6,9H2. The van der Waals surface area contributed by atoms with Crippen molar-refractivity contribution in [3.8, 4) is 0 Å². The lowest BCUT2D eigenvalue weighted by molar-refractivity contribution is -0.123. The van der Waals surface area contributed by atoms with Crippen LogP contribution in [0.5, 0.6) is 0 Å². The molecule has 2 nitrogen and oxygen atoms in total. The highest BCUT2D eigenvalue weighted by Gasteiger charge is 2.03. The fourth-order valence-electron chi connectivity index (χ4n) is 1.96. The average Bonchev–Trinajstić information content (AvgIpc) is 2.50.